The third-order valence-electron chi connectivity index (χ3n) is 4.31. The number of nitrogens with zero attached hydrogens (tertiary/aromatic N) is 2. The first kappa shape index (κ1) is 14.5. The van der Waals surface area contributed by atoms with E-state index in [1.165, 1.54) is 17.5 Å². The van der Waals surface area contributed by atoms with Crippen molar-refractivity contribution in [3.05, 3.63) is 29.3 Å². The molecule has 2 aromatic rings. The van der Waals surface area contributed by atoms with Crippen LogP contribution in [0.5, 0.6) is 0 Å². The highest BCUT2D eigenvalue weighted by atomic mass is 32.1. The van der Waals surface area contributed by atoms with Gasteiger partial charge in [-0.05, 0) is 37.8 Å². The van der Waals surface area contributed by atoms with Crippen molar-refractivity contribution in [3.8, 4) is 0 Å². The summed E-state index contributed by atoms with van der Waals surface area (Å²) in [5, 5.41) is 1.08. The van der Waals surface area contributed by atoms with E-state index in [0.717, 1.165) is 36.3 Å². The molecular weight excluding hydrogens is 280 g/mol. The summed E-state index contributed by atoms with van der Waals surface area (Å²) in [5.41, 5.74) is 1.05. The zero-order valence-corrected chi connectivity index (χ0v) is 13.4. The molecule has 1 saturated heterocycles. The van der Waals surface area contributed by atoms with Gasteiger partial charge in [0, 0.05) is 25.4 Å². The van der Waals surface area contributed by atoms with E-state index in [4.69, 9.17) is 0 Å². The summed E-state index contributed by atoms with van der Waals surface area (Å²) < 4.78 is 1.21. The second-order valence-electron chi connectivity index (χ2n) is 5.72. The second-order valence-corrected chi connectivity index (χ2v) is 6.84. The third-order valence-corrected chi connectivity index (χ3v) is 5.41. The molecule has 21 heavy (non-hydrogen) atoms. The van der Waals surface area contributed by atoms with Crippen molar-refractivity contribution in [3.63, 3.8) is 0 Å². The van der Waals surface area contributed by atoms with E-state index in [9.17, 15) is 4.79 Å². The number of likely N-dealkylation sites (tertiary alicyclic amines) is 1. The molecule has 1 amide bonds. The lowest BCUT2D eigenvalue weighted by molar-refractivity contribution is -0.134. The van der Waals surface area contributed by atoms with Crippen molar-refractivity contribution < 1.29 is 4.79 Å². The van der Waals surface area contributed by atoms with Gasteiger partial charge in [-0.2, -0.15) is 0 Å². The van der Waals surface area contributed by atoms with Gasteiger partial charge >= 0.3 is 0 Å². The summed E-state index contributed by atoms with van der Waals surface area (Å²) in [6, 6.07) is 8.64. The molecule has 1 aliphatic rings. The van der Waals surface area contributed by atoms with Gasteiger partial charge in [-0.15, -0.1) is 11.3 Å². The number of thiazole rings is 1. The zero-order chi connectivity index (χ0) is 14.7. The Kier molecular flexibility index (Phi) is 4.54. The Balaban J connectivity index is 1.62. The molecule has 0 spiro atoms. The van der Waals surface area contributed by atoms with Crippen LogP contribution < -0.4 is 0 Å². The first-order valence-corrected chi connectivity index (χ1v) is 8.73. The molecule has 0 aliphatic carbocycles. The summed E-state index contributed by atoms with van der Waals surface area (Å²) in [7, 11) is 0. The van der Waals surface area contributed by atoms with Gasteiger partial charge in [-0.1, -0.05) is 19.1 Å². The van der Waals surface area contributed by atoms with E-state index in [-0.39, 0.29) is 0 Å². The molecule has 4 heteroatoms. The smallest absolute Gasteiger partial charge is 0.223 e. The van der Waals surface area contributed by atoms with Crippen LogP contribution in [0.3, 0.4) is 0 Å². The zero-order valence-electron chi connectivity index (χ0n) is 12.5. The standard InChI is InChI=1S/C17H22N2OS/c1-2-13-7-5-6-12-19(13)17(20)11-10-16-18-14-8-3-4-9-15(14)21-16/h3-4,8-9,13H,2,5-7,10-12H2,1H3. The molecule has 1 aliphatic heterocycles. The summed E-state index contributed by atoms with van der Waals surface area (Å²) in [6.07, 6.45) is 6.03. The summed E-state index contributed by atoms with van der Waals surface area (Å²) in [5.74, 6) is 0.306. The fourth-order valence-corrected chi connectivity index (χ4v) is 4.10. The number of carbonyl (C=O) groups is 1. The normalized spacial score (nSPS) is 19.1. The van der Waals surface area contributed by atoms with E-state index >= 15 is 0 Å². The van der Waals surface area contributed by atoms with Crippen molar-refractivity contribution >= 4 is 27.5 Å². The topological polar surface area (TPSA) is 33.2 Å². The largest absolute Gasteiger partial charge is 0.340 e. The first-order chi connectivity index (χ1) is 10.3. The SMILES string of the molecule is CCC1CCCCN1C(=O)CCc1nc2ccccc2s1. The maximum absolute atomic E-state index is 12.5. The highest BCUT2D eigenvalue weighted by Crippen LogP contribution is 2.24. The van der Waals surface area contributed by atoms with Crippen LogP contribution in [0, 0.1) is 0 Å². The average Bonchev–Trinajstić information content (AvgIpc) is 2.95. The number of para-hydroxylation sites is 1. The van der Waals surface area contributed by atoms with Gasteiger partial charge in [0.1, 0.15) is 0 Å². The van der Waals surface area contributed by atoms with E-state index < -0.39 is 0 Å². The van der Waals surface area contributed by atoms with Crippen LogP contribution in [0.15, 0.2) is 24.3 Å². The molecule has 0 N–H and O–H groups in total. The number of aromatic nitrogens is 1. The number of benzene rings is 1. The van der Waals surface area contributed by atoms with E-state index in [0.29, 0.717) is 18.4 Å². The lowest BCUT2D eigenvalue weighted by Gasteiger charge is -2.35. The maximum Gasteiger partial charge on any atom is 0.223 e. The molecule has 2 heterocycles. The van der Waals surface area contributed by atoms with Crippen molar-refractivity contribution in [2.45, 2.75) is 51.5 Å². The predicted octanol–water partition coefficient (Wildman–Crippen LogP) is 4.02. The van der Waals surface area contributed by atoms with Crippen molar-refractivity contribution in [2.24, 2.45) is 0 Å². The fourth-order valence-electron chi connectivity index (χ4n) is 3.14. The highest BCUT2D eigenvalue weighted by Gasteiger charge is 2.24. The van der Waals surface area contributed by atoms with E-state index in [1.807, 2.05) is 18.2 Å². The number of aryl methyl sites for hydroxylation is 1. The van der Waals surface area contributed by atoms with Gasteiger partial charge in [-0.3, -0.25) is 4.79 Å². The average molecular weight is 302 g/mol. The molecule has 0 saturated carbocycles. The molecule has 1 fully saturated rings. The van der Waals surface area contributed by atoms with Gasteiger partial charge in [-0.25, -0.2) is 4.98 Å². The quantitative estimate of drug-likeness (QED) is 0.854. The molecule has 1 unspecified atom stereocenters. The van der Waals surface area contributed by atoms with Crippen LogP contribution in [-0.2, 0) is 11.2 Å². The van der Waals surface area contributed by atoms with Crippen LogP contribution >= 0.6 is 11.3 Å². The van der Waals surface area contributed by atoms with Crippen molar-refractivity contribution in [2.75, 3.05) is 6.54 Å². The second kappa shape index (κ2) is 6.56. The molecule has 0 bridgehead atoms. The minimum absolute atomic E-state index is 0.306. The number of hydrogen-bond acceptors (Lipinski definition) is 3. The van der Waals surface area contributed by atoms with Crippen LogP contribution in [0.2, 0.25) is 0 Å². The number of piperidine rings is 1. The highest BCUT2D eigenvalue weighted by molar-refractivity contribution is 7.18. The number of amides is 1. The minimum atomic E-state index is 0.306. The van der Waals surface area contributed by atoms with E-state index in [1.54, 1.807) is 11.3 Å². The van der Waals surface area contributed by atoms with Crippen LogP contribution in [0.4, 0.5) is 0 Å². The van der Waals surface area contributed by atoms with Gasteiger partial charge in [0.15, 0.2) is 0 Å². The minimum Gasteiger partial charge on any atom is -0.340 e. The third kappa shape index (κ3) is 3.26. The molecule has 3 nitrogen and oxygen atoms in total. The molecule has 3 rings (SSSR count). The Bertz CT molecular complexity index is 589. The fraction of sp³-hybridized carbons (Fsp3) is 0.529. The van der Waals surface area contributed by atoms with Crippen LogP contribution in [-0.4, -0.2) is 28.4 Å². The molecule has 112 valence electrons. The molecule has 0 radical (unpaired) electrons. The van der Waals surface area contributed by atoms with E-state index in [2.05, 4.69) is 22.9 Å². The number of hydrogen-bond donors (Lipinski definition) is 0. The number of carbonyl (C=O) groups excluding carboxylic acids is 1. The van der Waals surface area contributed by atoms with Gasteiger partial charge in [0.2, 0.25) is 5.91 Å². The Labute approximate surface area is 130 Å². The molecular formula is C17H22N2OS. The first-order valence-electron chi connectivity index (χ1n) is 7.92. The predicted molar refractivity (Wildman–Crippen MR) is 87.6 cm³/mol. The summed E-state index contributed by atoms with van der Waals surface area (Å²) >= 11 is 1.71. The van der Waals surface area contributed by atoms with Crippen LogP contribution in [0.25, 0.3) is 10.2 Å². The Hall–Kier alpha value is -1.42. The lowest BCUT2D eigenvalue weighted by Crippen LogP contribution is -2.43. The van der Waals surface area contributed by atoms with Crippen molar-refractivity contribution in [1.29, 1.82) is 0 Å². The summed E-state index contributed by atoms with van der Waals surface area (Å²) in [4.78, 5) is 19.2. The maximum atomic E-state index is 12.5. The Morgan fingerprint density at radius 2 is 2.24 bits per heavy atom. The lowest BCUT2D eigenvalue weighted by atomic mass is 9.99. The van der Waals surface area contributed by atoms with Gasteiger partial charge in [0.25, 0.3) is 0 Å². The van der Waals surface area contributed by atoms with Gasteiger partial charge in [0.05, 0.1) is 15.2 Å². The molecule has 1 aromatic carbocycles. The number of rotatable bonds is 4. The molecule has 1 aromatic heterocycles. The van der Waals surface area contributed by atoms with Gasteiger partial charge < -0.3 is 4.90 Å². The Morgan fingerprint density at radius 3 is 3.05 bits per heavy atom. The molecule has 1 atom stereocenters. The van der Waals surface area contributed by atoms with Crippen molar-refractivity contribution in [1.82, 2.24) is 9.88 Å². The Morgan fingerprint density at radius 1 is 1.38 bits per heavy atom. The monoisotopic (exact) mass is 302 g/mol. The number of fused-ring (bicyclic) bond motifs is 1. The van der Waals surface area contributed by atoms with Crippen LogP contribution in [0.1, 0.15) is 44.0 Å². The summed E-state index contributed by atoms with van der Waals surface area (Å²) in [6.45, 7) is 3.13.